The van der Waals surface area contributed by atoms with E-state index in [-0.39, 0.29) is 0 Å². The Hall–Kier alpha value is -2.08. The van der Waals surface area contributed by atoms with Crippen molar-refractivity contribution in [1.29, 1.82) is 0 Å². The first kappa shape index (κ1) is 18.7. The molecule has 0 amide bonds. The number of aliphatic hydroxyl groups excluding tert-OH is 1. The summed E-state index contributed by atoms with van der Waals surface area (Å²) in [5.41, 5.74) is 0.101. The summed E-state index contributed by atoms with van der Waals surface area (Å²) in [5.74, 6) is 0.223. The summed E-state index contributed by atoms with van der Waals surface area (Å²) in [5, 5.41) is 16.3. The van der Waals surface area contributed by atoms with Crippen molar-refractivity contribution in [3.63, 3.8) is 0 Å². The number of hydrogen-bond acceptors (Lipinski definition) is 4. The van der Waals surface area contributed by atoms with Gasteiger partial charge in [-0.3, -0.25) is 0 Å². The molecule has 0 spiro atoms. The predicted octanol–water partition coefficient (Wildman–Crippen LogP) is 4.72. The number of aliphatic hydroxyl groups is 1. The molecule has 1 N–H and O–H groups in total. The Kier molecular flexibility index (Phi) is 5.51. The van der Waals surface area contributed by atoms with Crippen molar-refractivity contribution >= 4 is 23.2 Å². The van der Waals surface area contributed by atoms with E-state index in [1.807, 2.05) is 26.0 Å². The Balaban J connectivity index is 1.97. The summed E-state index contributed by atoms with van der Waals surface area (Å²) in [4.78, 5) is 3.92. The van der Waals surface area contributed by atoms with Crippen LogP contribution in [0.1, 0.15) is 31.6 Å². The number of hydrogen-bond donors (Lipinski definition) is 1. The van der Waals surface area contributed by atoms with E-state index in [2.05, 4.69) is 10.1 Å². The Morgan fingerprint density at radius 2 is 1.58 bits per heavy atom. The molecule has 3 rings (SSSR count). The van der Waals surface area contributed by atoms with E-state index in [1.165, 1.54) is 17.3 Å². The van der Waals surface area contributed by atoms with Crippen LogP contribution in [-0.4, -0.2) is 25.5 Å². The summed E-state index contributed by atoms with van der Waals surface area (Å²) in [7, 11) is 0. The Bertz CT molecular complexity index is 834. The van der Waals surface area contributed by atoms with Crippen LogP contribution in [0.5, 0.6) is 5.75 Å². The lowest BCUT2D eigenvalue weighted by atomic mass is 9.83. The van der Waals surface area contributed by atoms with Crippen molar-refractivity contribution in [3.8, 4) is 5.75 Å². The van der Waals surface area contributed by atoms with Crippen LogP contribution in [0, 0.1) is 0 Å². The van der Waals surface area contributed by atoms with E-state index in [4.69, 9.17) is 27.9 Å². The molecule has 136 valence electrons. The predicted molar refractivity (Wildman–Crippen MR) is 102 cm³/mol. The number of nitrogens with zero attached hydrogens (tertiary/aromatic N) is 3. The van der Waals surface area contributed by atoms with Gasteiger partial charge in [0.1, 0.15) is 24.0 Å². The van der Waals surface area contributed by atoms with Crippen LogP contribution in [0.3, 0.4) is 0 Å². The van der Waals surface area contributed by atoms with E-state index in [0.29, 0.717) is 15.8 Å². The first-order valence-electron chi connectivity index (χ1n) is 8.09. The maximum absolute atomic E-state index is 11.0. The van der Waals surface area contributed by atoms with E-state index in [0.717, 1.165) is 5.56 Å². The van der Waals surface area contributed by atoms with Crippen molar-refractivity contribution in [2.45, 2.75) is 31.6 Å². The van der Waals surface area contributed by atoms with Crippen molar-refractivity contribution in [2.75, 3.05) is 0 Å². The topological polar surface area (TPSA) is 60.2 Å². The van der Waals surface area contributed by atoms with Crippen molar-refractivity contribution < 1.29 is 9.84 Å². The fourth-order valence-corrected chi connectivity index (χ4v) is 3.23. The smallest absolute Gasteiger partial charge is 0.159 e. The maximum Gasteiger partial charge on any atom is 0.159 e. The molecule has 1 heterocycles. The van der Waals surface area contributed by atoms with E-state index in [9.17, 15) is 5.11 Å². The molecule has 3 aromatic rings. The summed E-state index contributed by atoms with van der Waals surface area (Å²) in [6, 6.07) is 14.4. The quantitative estimate of drug-likeness (QED) is 0.660. The van der Waals surface area contributed by atoms with E-state index in [1.54, 1.807) is 36.4 Å². The molecular formula is C19H19Cl2N3O2. The highest BCUT2D eigenvalue weighted by atomic mass is 35.5. The van der Waals surface area contributed by atoms with Gasteiger partial charge in [0.05, 0.1) is 5.92 Å². The molecule has 0 aliphatic heterocycles. The highest BCUT2D eigenvalue weighted by Gasteiger charge is 2.39. The third kappa shape index (κ3) is 4.18. The number of aromatic nitrogens is 3. The van der Waals surface area contributed by atoms with Crippen LogP contribution in [0.15, 0.2) is 61.2 Å². The lowest BCUT2D eigenvalue weighted by Gasteiger charge is -2.38. The third-order valence-corrected chi connectivity index (χ3v) is 4.68. The fourth-order valence-electron chi connectivity index (χ4n) is 2.98. The van der Waals surface area contributed by atoms with Gasteiger partial charge in [0.2, 0.25) is 0 Å². The molecule has 0 saturated heterocycles. The molecule has 2 atom stereocenters. The van der Waals surface area contributed by atoms with Crippen LogP contribution in [0.2, 0.25) is 10.0 Å². The Morgan fingerprint density at radius 1 is 1.00 bits per heavy atom. The van der Waals surface area contributed by atoms with Gasteiger partial charge in [0, 0.05) is 10.0 Å². The molecule has 2 unspecified atom stereocenters. The van der Waals surface area contributed by atoms with Gasteiger partial charge in [-0.25, -0.2) is 9.67 Å². The molecule has 0 aliphatic carbocycles. The second kappa shape index (κ2) is 7.66. The van der Waals surface area contributed by atoms with Gasteiger partial charge in [0.15, 0.2) is 6.23 Å². The first-order valence-corrected chi connectivity index (χ1v) is 8.84. The summed E-state index contributed by atoms with van der Waals surface area (Å²) < 4.78 is 7.62. The highest BCUT2D eigenvalue weighted by molar-refractivity contribution is 6.30. The molecular weight excluding hydrogens is 373 g/mol. The molecule has 1 aromatic heterocycles. The van der Waals surface area contributed by atoms with Gasteiger partial charge < -0.3 is 9.84 Å². The number of halogens is 2. The van der Waals surface area contributed by atoms with Gasteiger partial charge in [-0.15, -0.1) is 0 Å². The lowest BCUT2D eigenvalue weighted by molar-refractivity contribution is -0.0294. The summed E-state index contributed by atoms with van der Waals surface area (Å²) >= 11 is 12.0. The van der Waals surface area contributed by atoms with Crippen molar-refractivity contribution in [2.24, 2.45) is 0 Å². The van der Waals surface area contributed by atoms with Crippen LogP contribution in [0.25, 0.3) is 0 Å². The van der Waals surface area contributed by atoms with Crippen LogP contribution in [0.4, 0.5) is 0 Å². The summed E-state index contributed by atoms with van der Waals surface area (Å²) in [6.45, 7) is 3.84. The van der Waals surface area contributed by atoms with Crippen LogP contribution >= 0.6 is 23.2 Å². The number of benzene rings is 2. The minimum absolute atomic E-state index is 0.433. The fraction of sp³-hybridized carbons (Fsp3) is 0.263. The molecule has 0 radical (unpaired) electrons. The van der Waals surface area contributed by atoms with Crippen molar-refractivity contribution in [1.82, 2.24) is 14.8 Å². The van der Waals surface area contributed by atoms with Crippen LogP contribution < -0.4 is 4.74 Å². The molecule has 0 bridgehead atoms. The van der Waals surface area contributed by atoms with Gasteiger partial charge in [-0.2, -0.15) is 5.10 Å². The van der Waals surface area contributed by atoms with Gasteiger partial charge in [-0.1, -0.05) is 35.3 Å². The first-order chi connectivity index (χ1) is 12.4. The second-order valence-corrected chi connectivity index (χ2v) is 7.35. The largest absolute Gasteiger partial charge is 0.487 e. The molecule has 7 heteroatoms. The number of rotatable bonds is 6. The monoisotopic (exact) mass is 391 g/mol. The average Bonchev–Trinajstić information content (AvgIpc) is 3.13. The van der Waals surface area contributed by atoms with E-state index >= 15 is 0 Å². The molecule has 5 nitrogen and oxygen atoms in total. The van der Waals surface area contributed by atoms with E-state index < -0.39 is 17.7 Å². The Morgan fingerprint density at radius 3 is 2.12 bits per heavy atom. The SMILES string of the molecule is CC(C)(Oc1ccc(Cl)cc1)C(c1ccc(Cl)cc1)C(O)n1cncn1. The van der Waals surface area contributed by atoms with Gasteiger partial charge >= 0.3 is 0 Å². The summed E-state index contributed by atoms with van der Waals surface area (Å²) in [6.07, 6.45) is 1.89. The molecule has 0 aliphatic rings. The normalized spacial score (nSPS) is 14.0. The van der Waals surface area contributed by atoms with Crippen molar-refractivity contribution in [3.05, 3.63) is 76.8 Å². The Labute approximate surface area is 162 Å². The zero-order valence-corrected chi connectivity index (χ0v) is 15.9. The van der Waals surface area contributed by atoms with Gasteiger partial charge in [-0.05, 0) is 55.8 Å². The van der Waals surface area contributed by atoms with Gasteiger partial charge in [0.25, 0.3) is 0 Å². The molecule has 0 saturated carbocycles. The van der Waals surface area contributed by atoms with Crippen LogP contribution in [-0.2, 0) is 0 Å². The number of ether oxygens (including phenoxy) is 1. The highest BCUT2D eigenvalue weighted by Crippen LogP contribution is 2.39. The molecule has 26 heavy (non-hydrogen) atoms. The molecule has 0 fully saturated rings. The standard InChI is InChI=1S/C19H19Cl2N3O2/c1-19(2,26-16-9-7-15(21)8-10-16)17(13-3-5-14(20)6-4-13)18(25)24-12-22-11-23-24/h3-12,17-18,25H,1-2H3. The minimum atomic E-state index is -0.971. The molecule has 2 aromatic carbocycles. The minimum Gasteiger partial charge on any atom is -0.487 e. The second-order valence-electron chi connectivity index (χ2n) is 6.48. The zero-order valence-electron chi connectivity index (χ0n) is 14.4. The lowest BCUT2D eigenvalue weighted by Crippen LogP contribution is -2.41. The third-order valence-electron chi connectivity index (χ3n) is 4.18. The zero-order chi connectivity index (χ0) is 18.7. The average molecular weight is 392 g/mol. The maximum atomic E-state index is 11.0.